The fourth-order valence-electron chi connectivity index (χ4n) is 2.88. The van der Waals surface area contributed by atoms with Crippen LogP contribution in [0.5, 0.6) is 0 Å². The van der Waals surface area contributed by atoms with E-state index in [9.17, 15) is 0 Å². The molecule has 0 saturated carbocycles. The minimum absolute atomic E-state index is 0.336. The maximum atomic E-state index is 6.03. The maximum Gasteiger partial charge on any atom is 0.0749 e. The van der Waals surface area contributed by atoms with Gasteiger partial charge in [0.05, 0.1) is 6.10 Å². The van der Waals surface area contributed by atoms with Gasteiger partial charge in [-0.25, -0.2) is 0 Å². The average Bonchev–Trinajstić information content (AvgIpc) is 2.49. The summed E-state index contributed by atoms with van der Waals surface area (Å²) in [6, 6.07) is 6.07. The number of nitrogens with two attached hydrogens (primary N) is 1. The monoisotopic (exact) mass is 271 g/mol. The van der Waals surface area contributed by atoms with Gasteiger partial charge in [0.2, 0.25) is 0 Å². The summed E-state index contributed by atoms with van der Waals surface area (Å²) < 4.78 is 5.83. The first kappa shape index (κ1) is 13.2. The fraction of sp³-hybridized carbons (Fsp3) is 0.438. The van der Waals surface area contributed by atoms with Crippen molar-refractivity contribution in [1.82, 2.24) is 4.98 Å². The number of anilines is 2. The molecule has 20 heavy (non-hydrogen) atoms. The van der Waals surface area contributed by atoms with Gasteiger partial charge in [-0.05, 0) is 37.5 Å². The Morgan fingerprint density at radius 1 is 1.30 bits per heavy atom. The normalized spacial score (nSPS) is 19.1. The second-order valence-corrected chi connectivity index (χ2v) is 5.46. The van der Waals surface area contributed by atoms with Crippen molar-refractivity contribution in [3.05, 3.63) is 30.6 Å². The van der Waals surface area contributed by atoms with Gasteiger partial charge in [0.15, 0.2) is 0 Å². The van der Waals surface area contributed by atoms with Gasteiger partial charge in [-0.1, -0.05) is 0 Å². The first-order chi connectivity index (χ1) is 9.75. The topological polar surface area (TPSA) is 51.4 Å². The molecule has 2 aromatic rings. The van der Waals surface area contributed by atoms with Crippen molar-refractivity contribution in [1.29, 1.82) is 0 Å². The van der Waals surface area contributed by atoms with Crippen LogP contribution in [0.2, 0.25) is 0 Å². The molecular weight excluding hydrogens is 250 g/mol. The van der Waals surface area contributed by atoms with Gasteiger partial charge in [-0.2, -0.15) is 0 Å². The molecule has 0 aliphatic carbocycles. The molecule has 1 saturated heterocycles. The molecule has 1 fully saturated rings. The van der Waals surface area contributed by atoms with E-state index in [1.807, 2.05) is 24.5 Å². The van der Waals surface area contributed by atoms with Crippen LogP contribution in [0, 0.1) is 0 Å². The minimum Gasteiger partial charge on any atom is -0.398 e. The van der Waals surface area contributed by atoms with Crippen LogP contribution in [-0.2, 0) is 4.74 Å². The Kier molecular flexibility index (Phi) is 3.74. The van der Waals surface area contributed by atoms with Gasteiger partial charge in [0, 0.05) is 54.7 Å². The quantitative estimate of drug-likeness (QED) is 0.872. The second kappa shape index (κ2) is 5.67. The van der Waals surface area contributed by atoms with E-state index in [1.165, 1.54) is 18.5 Å². The van der Waals surface area contributed by atoms with Crippen LogP contribution >= 0.6 is 0 Å². The van der Waals surface area contributed by atoms with E-state index in [2.05, 4.69) is 23.0 Å². The molecule has 1 aromatic carbocycles. The van der Waals surface area contributed by atoms with E-state index in [1.54, 1.807) is 0 Å². The molecule has 106 valence electrons. The molecule has 0 bridgehead atoms. The predicted molar refractivity (Wildman–Crippen MR) is 83.0 cm³/mol. The number of hydrogen-bond donors (Lipinski definition) is 1. The molecule has 1 aromatic heterocycles. The lowest BCUT2D eigenvalue weighted by Gasteiger charge is -2.29. The minimum atomic E-state index is 0.336. The van der Waals surface area contributed by atoms with E-state index >= 15 is 0 Å². The van der Waals surface area contributed by atoms with Crippen LogP contribution < -0.4 is 10.6 Å². The number of nitrogen functional groups attached to an aromatic ring is 1. The molecule has 1 unspecified atom stereocenters. The lowest BCUT2D eigenvalue weighted by molar-refractivity contribution is 0.0216. The predicted octanol–water partition coefficient (Wildman–Crippen LogP) is 2.82. The van der Waals surface area contributed by atoms with Crippen molar-refractivity contribution >= 4 is 22.1 Å². The molecule has 0 amide bonds. The summed E-state index contributed by atoms with van der Waals surface area (Å²) in [4.78, 5) is 6.43. The Labute approximate surface area is 119 Å². The number of likely N-dealkylation sites (N-methyl/N-ethyl adjacent to an activating group) is 1. The number of ether oxygens (including phenoxy) is 1. The first-order valence-electron chi connectivity index (χ1n) is 7.20. The van der Waals surface area contributed by atoms with E-state index in [4.69, 9.17) is 10.5 Å². The highest BCUT2D eigenvalue weighted by molar-refractivity contribution is 6.00. The zero-order valence-corrected chi connectivity index (χ0v) is 11.9. The number of aromatic nitrogens is 1. The molecule has 4 nitrogen and oxygen atoms in total. The number of pyridine rings is 1. The Bertz CT molecular complexity index is 593. The maximum absolute atomic E-state index is 6.03. The molecule has 4 heteroatoms. The average molecular weight is 271 g/mol. The molecule has 1 aliphatic rings. The highest BCUT2D eigenvalue weighted by atomic mass is 16.5. The Morgan fingerprint density at radius 2 is 2.20 bits per heavy atom. The lowest BCUT2D eigenvalue weighted by Crippen LogP contribution is -2.33. The van der Waals surface area contributed by atoms with Crippen LogP contribution in [0.1, 0.15) is 19.3 Å². The molecule has 3 rings (SSSR count). The Balaban J connectivity index is 1.87. The van der Waals surface area contributed by atoms with E-state index in [0.29, 0.717) is 6.10 Å². The van der Waals surface area contributed by atoms with Crippen molar-refractivity contribution < 1.29 is 4.74 Å². The third-order valence-electron chi connectivity index (χ3n) is 3.99. The number of rotatable bonds is 3. The fourth-order valence-corrected chi connectivity index (χ4v) is 2.88. The standard InChI is InChI=1S/C16H21N3O/c1-19(11-12-4-2-3-9-20-12)16-6-5-15(17)14-10-18-8-7-13(14)16/h5-8,10,12H,2-4,9,11,17H2,1H3. The first-order valence-corrected chi connectivity index (χ1v) is 7.20. The van der Waals surface area contributed by atoms with Gasteiger partial charge in [-0.3, -0.25) is 4.98 Å². The zero-order chi connectivity index (χ0) is 13.9. The third kappa shape index (κ3) is 2.56. The number of fused-ring (bicyclic) bond motifs is 1. The van der Waals surface area contributed by atoms with Crippen molar-refractivity contribution in [2.24, 2.45) is 0 Å². The van der Waals surface area contributed by atoms with Crippen LogP contribution in [0.3, 0.4) is 0 Å². The molecule has 2 N–H and O–H groups in total. The summed E-state index contributed by atoms with van der Waals surface area (Å²) >= 11 is 0. The summed E-state index contributed by atoms with van der Waals surface area (Å²) in [6.07, 6.45) is 7.60. The highest BCUT2D eigenvalue weighted by Gasteiger charge is 2.17. The second-order valence-electron chi connectivity index (χ2n) is 5.46. The van der Waals surface area contributed by atoms with Crippen LogP contribution in [-0.4, -0.2) is 31.3 Å². The molecule has 0 radical (unpaired) electrons. The lowest BCUT2D eigenvalue weighted by atomic mass is 10.1. The van der Waals surface area contributed by atoms with Crippen LogP contribution in [0.15, 0.2) is 30.6 Å². The zero-order valence-electron chi connectivity index (χ0n) is 11.9. The van der Waals surface area contributed by atoms with Gasteiger partial charge < -0.3 is 15.4 Å². The summed E-state index contributed by atoms with van der Waals surface area (Å²) in [6.45, 7) is 1.81. The SMILES string of the molecule is CN(CC1CCCCO1)c1ccc(N)c2cnccc12. The van der Waals surface area contributed by atoms with E-state index in [0.717, 1.165) is 36.0 Å². The molecule has 1 aliphatic heterocycles. The van der Waals surface area contributed by atoms with E-state index in [-0.39, 0.29) is 0 Å². The molecule has 1 atom stereocenters. The van der Waals surface area contributed by atoms with E-state index < -0.39 is 0 Å². The number of nitrogens with zero attached hydrogens (tertiary/aromatic N) is 2. The van der Waals surface area contributed by atoms with Gasteiger partial charge in [0.25, 0.3) is 0 Å². The van der Waals surface area contributed by atoms with Gasteiger partial charge >= 0.3 is 0 Å². The smallest absolute Gasteiger partial charge is 0.0749 e. The van der Waals surface area contributed by atoms with Crippen molar-refractivity contribution in [3.8, 4) is 0 Å². The molecule has 2 heterocycles. The molecule has 0 spiro atoms. The number of hydrogen-bond acceptors (Lipinski definition) is 4. The summed E-state index contributed by atoms with van der Waals surface area (Å²) in [5, 5.41) is 2.17. The highest BCUT2D eigenvalue weighted by Crippen LogP contribution is 2.30. The Morgan fingerprint density at radius 3 is 3.00 bits per heavy atom. The van der Waals surface area contributed by atoms with Crippen molar-refractivity contribution in [2.45, 2.75) is 25.4 Å². The van der Waals surface area contributed by atoms with Gasteiger partial charge in [-0.15, -0.1) is 0 Å². The van der Waals surface area contributed by atoms with Crippen LogP contribution in [0.25, 0.3) is 10.8 Å². The van der Waals surface area contributed by atoms with Crippen LogP contribution in [0.4, 0.5) is 11.4 Å². The number of benzene rings is 1. The Hall–Kier alpha value is -1.81. The van der Waals surface area contributed by atoms with Crippen molar-refractivity contribution in [2.75, 3.05) is 30.8 Å². The largest absolute Gasteiger partial charge is 0.398 e. The van der Waals surface area contributed by atoms with Crippen molar-refractivity contribution in [3.63, 3.8) is 0 Å². The summed E-state index contributed by atoms with van der Waals surface area (Å²) in [7, 11) is 2.11. The summed E-state index contributed by atoms with van der Waals surface area (Å²) in [5.41, 5.74) is 7.99. The summed E-state index contributed by atoms with van der Waals surface area (Å²) in [5.74, 6) is 0. The van der Waals surface area contributed by atoms with Gasteiger partial charge in [0.1, 0.15) is 0 Å². The third-order valence-corrected chi connectivity index (χ3v) is 3.99. The molecular formula is C16H21N3O.